The molecule has 2 N–H and O–H groups in total. The molecule has 1 atom stereocenters. The Morgan fingerprint density at radius 1 is 1.08 bits per heavy atom. The van der Waals surface area contributed by atoms with Crippen molar-refractivity contribution in [3.05, 3.63) is 59.7 Å². The van der Waals surface area contributed by atoms with Gasteiger partial charge in [0.15, 0.2) is 6.10 Å². The van der Waals surface area contributed by atoms with Crippen LogP contribution in [0.1, 0.15) is 29.8 Å². The van der Waals surface area contributed by atoms with E-state index in [1.165, 1.54) is 0 Å². The Hall–Kier alpha value is -3.02. The molecule has 2 aromatic carbocycles. The zero-order valence-electron chi connectivity index (χ0n) is 14.1. The molecular weight excluding hydrogens is 320 g/mol. The molecule has 1 aliphatic heterocycles. The van der Waals surface area contributed by atoms with Gasteiger partial charge in [-0.1, -0.05) is 18.2 Å². The third-order valence-electron chi connectivity index (χ3n) is 3.73. The van der Waals surface area contributed by atoms with Crippen molar-refractivity contribution in [2.75, 3.05) is 0 Å². The highest BCUT2D eigenvalue weighted by molar-refractivity contribution is 5.96. The van der Waals surface area contributed by atoms with Gasteiger partial charge < -0.3 is 9.47 Å². The van der Waals surface area contributed by atoms with Gasteiger partial charge in [-0.2, -0.15) is 0 Å². The predicted molar refractivity (Wildman–Crippen MR) is 92.4 cm³/mol. The molecule has 0 spiro atoms. The van der Waals surface area contributed by atoms with Crippen molar-refractivity contribution in [1.29, 1.82) is 0 Å². The van der Waals surface area contributed by atoms with Crippen LogP contribution in [0.15, 0.2) is 48.5 Å². The Morgan fingerprint density at radius 3 is 2.48 bits per heavy atom. The molecular formula is C19H20N2O4. The number of para-hydroxylation sites is 1. The normalized spacial score (nSPS) is 15.2. The summed E-state index contributed by atoms with van der Waals surface area (Å²) in [7, 11) is 0. The first kappa shape index (κ1) is 16.8. The van der Waals surface area contributed by atoms with Crippen molar-refractivity contribution in [3.8, 4) is 11.5 Å². The fraction of sp³-hybridized carbons (Fsp3) is 0.263. The molecule has 0 aromatic heterocycles. The number of fused-ring (bicyclic) bond motifs is 1. The summed E-state index contributed by atoms with van der Waals surface area (Å²) in [5.41, 5.74) is 6.22. The zero-order chi connectivity index (χ0) is 17.8. The summed E-state index contributed by atoms with van der Waals surface area (Å²) in [6.45, 7) is 3.86. The maximum absolute atomic E-state index is 12.2. The third-order valence-corrected chi connectivity index (χ3v) is 3.73. The molecule has 1 aliphatic rings. The van der Waals surface area contributed by atoms with E-state index in [4.69, 9.17) is 9.47 Å². The van der Waals surface area contributed by atoms with E-state index in [0.29, 0.717) is 23.5 Å². The summed E-state index contributed by atoms with van der Waals surface area (Å²) in [5.74, 6) is 0.603. The SMILES string of the molecule is CC(C)Oc1ccc(C(=O)NNC(=O)[C@@H]2Cc3ccccc3O2)cc1. The highest BCUT2D eigenvalue weighted by Gasteiger charge is 2.28. The van der Waals surface area contributed by atoms with Gasteiger partial charge in [0, 0.05) is 12.0 Å². The quantitative estimate of drug-likeness (QED) is 0.837. The molecule has 6 heteroatoms. The lowest BCUT2D eigenvalue weighted by Gasteiger charge is -2.13. The van der Waals surface area contributed by atoms with Crippen LogP contribution in [0.4, 0.5) is 0 Å². The number of hydrogen-bond acceptors (Lipinski definition) is 4. The Morgan fingerprint density at radius 2 is 1.80 bits per heavy atom. The van der Waals surface area contributed by atoms with Crippen LogP contribution in [0, 0.1) is 0 Å². The van der Waals surface area contributed by atoms with Gasteiger partial charge >= 0.3 is 0 Å². The van der Waals surface area contributed by atoms with Crippen LogP contribution >= 0.6 is 0 Å². The van der Waals surface area contributed by atoms with Crippen LogP contribution in [0.2, 0.25) is 0 Å². The molecule has 0 unspecified atom stereocenters. The second kappa shape index (κ2) is 7.25. The van der Waals surface area contributed by atoms with Gasteiger partial charge in [0.2, 0.25) is 0 Å². The maximum Gasteiger partial charge on any atom is 0.279 e. The first-order chi connectivity index (χ1) is 12.0. The van der Waals surface area contributed by atoms with Gasteiger partial charge in [-0.05, 0) is 49.7 Å². The average Bonchev–Trinajstić information content (AvgIpc) is 3.03. The molecule has 0 aliphatic carbocycles. The number of ether oxygens (including phenoxy) is 2. The van der Waals surface area contributed by atoms with Crippen LogP contribution in [-0.4, -0.2) is 24.0 Å². The summed E-state index contributed by atoms with van der Waals surface area (Å²) in [6.07, 6.45) is -0.0898. The van der Waals surface area contributed by atoms with Crippen molar-refractivity contribution < 1.29 is 19.1 Å². The van der Waals surface area contributed by atoms with Gasteiger partial charge in [-0.15, -0.1) is 0 Å². The van der Waals surface area contributed by atoms with Crippen LogP contribution in [0.5, 0.6) is 11.5 Å². The second-order valence-electron chi connectivity index (χ2n) is 6.05. The summed E-state index contributed by atoms with van der Waals surface area (Å²) in [5, 5.41) is 0. The van der Waals surface area contributed by atoms with E-state index in [9.17, 15) is 9.59 Å². The van der Waals surface area contributed by atoms with E-state index in [0.717, 1.165) is 5.56 Å². The Labute approximate surface area is 146 Å². The number of nitrogens with one attached hydrogen (secondary N) is 2. The Balaban J connectivity index is 1.51. The molecule has 130 valence electrons. The number of carbonyl (C=O) groups excluding carboxylic acids is 2. The first-order valence-corrected chi connectivity index (χ1v) is 8.14. The van der Waals surface area contributed by atoms with E-state index in [1.807, 2.05) is 38.1 Å². The van der Waals surface area contributed by atoms with Crippen LogP contribution < -0.4 is 20.3 Å². The van der Waals surface area contributed by atoms with Crippen LogP contribution in [0.3, 0.4) is 0 Å². The Kier molecular flexibility index (Phi) is 4.88. The summed E-state index contributed by atoms with van der Waals surface area (Å²) >= 11 is 0. The van der Waals surface area contributed by atoms with E-state index < -0.39 is 12.0 Å². The zero-order valence-corrected chi connectivity index (χ0v) is 14.1. The average molecular weight is 340 g/mol. The van der Waals surface area contributed by atoms with E-state index >= 15 is 0 Å². The minimum absolute atomic E-state index is 0.0644. The van der Waals surface area contributed by atoms with Crippen molar-refractivity contribution in [2.24, 2.45) is 0 Å². The van der Waals surface area contributed by atoms with E-state index in [2.05, 4.69) is 10.9 Å². The molecule has 0 saturated heterocycles. The summed E-state index contributed by atoms with van der Waals surface area (Å²) in [6, 6.07) is 14.2. The monoisotopic (exact) mass is 340 g/mol. The number of amides is 2. The summed E-state index contributed by atoms with van der Waals surface area (Å²) in [4.78, 5) is 24.3. The van der Waals surface area contributed by atoms with Crippen molar-refractivity contribution in [2.45, 2.75) is 32.5 Å². The number of carbonyl (C=O) groups is 2. The van der Waals surface area contributed by atoms with Gasteiger partial charge in [-0.3, -0.25) is 20.4 Å². The fourth-order valence-electron chi connectivity index (χ4n) is 2.56. The van der Waals surface area contributed by atoms with E-state index in [-0.39, 0.29) is 12.0 Å². The number of hydrazine groups is 1. The second-order valence-corrected chi connectivity index (χ2v) is 6.05. The van der Waals surface area contributed by atoms with Crippen molar-refractivity contribution in [1.82, 2.24) is 10.9 Å². The smallest absolute Gasteiger partial charge is 0.279 e. The maximum atomic E-state index is 12.2. The van der Waals surface area contributed by atoms with Gasteiger partial charge in [0.25, 0.3) is 11.8 Å². The molecule has 3 rings (SSSR count). The van der Waals surface area contributed by atoms with Crippen molar-refractivity contribution >= 4 is 11.8 Å². The molecule has 2 amide bonds. The van der Waals surface area contributed by atoms with Crippen LogP contribution in [0.25, 0.3) is 0 Å². The van der Waals surface area contributed by atoms with E-state index in [1.54, 1.807) is 24.3 Å². The fourth-order valence-corrected chi connectivity index (χ4v) is 2.56. The lowest BCUT2D eigenvalue weighted by molar-refractivity contribution is -0.128. The lowest BCUT2D eigenvalue weighted by atomic mass is 10.1. The number of hydrogen-bond donors (Lipinski definition) is 2. The van der Waals surface area contributed by atoms with Crippen molar-refractivity contribution in [3.63, 3.8) is 0 Å². The topological polar surface area (TPSA) is 76.7 Å². The minimum Gasteiger partial charge on any atom is -0.491 e. The van der Waals surface area contributed by atoms with Gasteiger partial charge in [-0.25, -0.2) is 0 Å². The molecule has 0 saturated carbocycles. The predicted octanol–water partition coefficient (Wildman–Crippen LogP) is 2.24. The summed E-state index contributed by atoms with van der Waals surface area (Å²) < 4.78 is 11.1. The lowest BCUT2D eigenvalue weighted by Crippen LogP contribution is -2.47. The minimum atomic E-state index is -0.639. The highest BCUT2D eigenvalue weighted by atomic mass is 16.5. The van der Waals surface area contributed by atoms with Gasteiger partial charge in [0.05, 0.1) is 6.10 Å². The first-order valence-electron chi connectivity index (χ1n) is 8.14. The standard InChI is InChI=1S/C19H20N2O4/c1-12(2)24-15-9-7-13(8-10-15)18(22)20-21-19(23)17-11-14-5-3-4-6-16(14)25-17/h3-10,12,17H,11H2,1-2H3,(H,20,22)(H,21,23)/t17-/m0/s1. The molecule has 0 bridgehead atoms. The van der Waals surface area contributed by atoms with Crippen LogP contribution in [-0.2, 0) is 11.2 Å². The molecule has 2 aromatic rings. The number of rotatable bonds is 4. The molecule has 0 radical (unpaired) electrons. The molecule has 1 heterocycles. The van der Waals surface area contributed by atoms with Gasteiger partial charge in [0.1, 0.15) is 11.5 Å². The highest BCUT2D eigenvalue weighted by Crippen LogP contribution is 2.27. The molecule has 0 fully saturated rings. The third kappa shape index (κ3) is 4.09. The largest absolute Gasteiger partial charge is 0.491 e. The molecule has 6 nitrogen and oxygen atoms in total. The molecule has 25 heavy (non-hydrogen) atoms. The Bertz CT molecular complexity index is 746. The number of benzene rings is 2.